The smallest absolute Gasteiger partial charge is 0.196 e. The Kier molecular flexibility index (Phi) is 3.93. The zero-order valence-electron chi connectivity index (χ0n) is 9.56. The molecule has 0 atom stereocenters. The Morgan fingerprint density at radius 3 is 2.65 bits per heavy atom. The van der Waals surface area contributed by atoms with Crippen LogP contribution in [-0.4, -0.2) is 15.6 Å². The average Bonchev–Trinajstić information content (AvgIpc) is 2.78. The quantitative estimate of drug-likeness (QED) is 0.633. The van der Waals surface area contributed by atoms with Crippen LogP contribution in [0, 0.1) is 3.57 Å². The maximum absolute atomic E-state index is 12.1. The maximum atomic E-state index is 12.1. The largest absolute Gasteiger partial charge is 0.288 e. The third-order valence-electron chi connectivity index (χ3n) is 2.45. The summed E-state index contributed by atoms with van der Waals surface area (Å²) in [5, 5.41) is 4.16. The van der Waals surface area contributed by atoms with Crippen LogP contribution in [0.15, 0.2) is 36.7 Å². The third-order valence-corrected chi connectivity index (χ3v) is 3.17. The standard InChI is InChI=1S/C13H13IN2O/c1-2-7-16-9-11(8-15-16)13(17)10-3-5-12(14)6-4-10/h3-6,8-9H,2,7H2,1H3. The molecule has 17 heavy (non-hydrogen) atoms. The minimum Gasteiger partial charge on any atom is -0.288 e. The molecule has 1 aromatic carbocycles. The highest BCUT2D eigenvalue weighted by Gasteiger charge is 2.10. The molecular formula is C13H13IN2O. The van der Waals surface area contributed by atoms with Gasteiger partial charge in [-0.25, -0.2) is 0 Å². The molecule has 0 saturated heterocycles. The Morgan fingerprint density at radius 1 is 1.29 bits per heavy atom. The molecule has 3 nitrogen and oxygen atoms in total. The van der Waals surface area contributed by atoms with Crippen LogP contribution in [0.1, 0.15) is 29.3 Å². The van der Waals surface area contributed by atoms with Crippen molar-refractivity contribution >= 4 is 28.4 Å². The summed E-state index contributed by atoms with van der Waals surface area (Å²) in [4.78, 5) is 12.1. The Hall–Kier alpha value is -1.17. The number of aryl methyl sites for hydroxylation is 1. The molecule has 0 aliphatic heterocycles. The lowest BCUT2D eigenvalue weighted by Gasteiger charge is -1.98. The summed E-state index contributed by atoms with van der Waals surface area (Å²) in [6.45, 7) is 2.93. The van der Waals surface area contributed by atoms with Crippen LogP contribution in [0.4, 0.5) is 0 Å². The monoisotopic (exact) mass is 340 g/mol. The first kappa shape index (κ1) is 12.3. The second-order valence-corrected chi connectivity index (χ2v) is 5.07. The van der Waals surface area contributed by atoms with E-state index in [-0.39, 0.29) is 5.78 Å². The number of benzene rings is 1. The Bertz CT molecular complexity index is 516. The number of carbonyl (C=O) groups excluding carboxylic acids is 1. The maximum Gasteiger partial charge on any atom is 0.196 e. The Balaban J connectivity index is 2.21. The number of hydrogen-bond acceptors (Lipinski definition) is 2. The lowest BCUT2D eigenvalue weighted by molar-refractivity contribution is 0.103. The van der Waals surface area contributed by atoms with E-state index in [9.17, 15) is 4.79 Å². The molecule has 0 aliphatic rings. The van der Waals surface area contributed by atoms with Gasteiger partial charge in [-0.2, -0.15) is 5.10 Å². The molecule has 0 unspecified atom stereocenters. The van der Waals surface area contributed by atoms with Gasteiger partial charge >= 0.3 is 0 Å². The van der Waals surface area contributed by atoms with Crippen LogP contribution in [0.2, 0.25) is 0 Å². The predicted octanol–water partition coefficient (Wildman–Crippen LogP) is 3.13. The highest BCUT2D eigenvalue weighted by molar-refractivity contribution is 14.1. The molecule has 0 fully saturated rings. The van der Waals surface area contributed by atoms with Crippen LogP contribution >= 0.6 is 22.6 Å². The van der Waals surface area contributed by atoms with Crippen molar-refractivity contribution in [2.45, 2.75) is 19.9 Å². The van der Waals surface area contributed by atoms with Crippen molar-refractivity contribution in [3.05, 3.63) is 51.4 Å². The van der Waals surface area contributed by atoms with E-state index < -0.39 is 0 Å². The normalized spacial score (nSPS) is 10.5. The molecule has 0 radical (unpaired) electrons. The Morgan fingerprint density at radius 2 is 2.00 bits per heavy atom. The molecule has 2 aromatic rings. The van der Waals surface area contributed by atoms with Crippen molar-refractivity contribution in [2.24, 2.45) is 0 Å². The number of hydrogen-bond donors (Lipinski definition) is 0. The average molecular weight is 340 g/mol. The lowest BCUT2D eigenvalue weighted by Crippen LogP contribution is -2.00. The summed E-state index contributed by atoms with van der Waals surface area (Å²) in [6, 6.07) is 7.57. The van der Waals surface area contributed by atoms with Gasteiger partial charge in [0.1, 0.15) is 0 Å². The molecule has 0 spiro atoms. The summed E-state index contributed by atoms with van der Waals surface area (Å²) in [6.07, 6.45) is 4.46. The molecule has 0 amide bonds. The molecule has 0 saturated carbocycles. The molecule has 2 rings (SSSR count). The van der Waals surface area contributed by atoms with Crippen molar-refractivity contribution in [1.82, 2.24) is 9.78 Å². The number of ketones is 1. The van der Waals surface area contributed by atoms with E-state index in [4.69, 9.17) is 0 Å². The number of carbonyl (C=O) groups is 1. The Labute approximate surface area is 114 Å². The van der Waals surface area contributed by atoms with Crippen molar-refractivity contribution in [3.63, 3.8) is 0 Å². The summed E-state index contributed by atoms with van der Waals surface area (Å²) < 4.78 is 2.93. The van der Waals surface area contributed by atoms with E-state index in [0.29, 0.717) is 11.1 Å². The fraction of sp³-hybridized carbons (Fsp3) is 0.231. The third kappa shape index (κ3) is 2.94. The van der Waals surface area contributed by atoms with E-state index >= 15 is 0 Å². The van der Waals surface area contributed by atoms with E-state index in [1.807, 2.05) is 30.5 Å². The highest BCUT2D eigenvalue weighted by Crippen LogP contribution is 2.12. The zero-order valence-corrected chi connectivity index (χ0v) is 11.7. The van der Waals surface area contributed by atoms with Gasteiger partial charge in [-0.3, -0.25) is 9.48 Å². The molecule has 1 heterocycles. The fourth-order valence-corrected chi connectivity index (χ4v) is 1.96. The van der Waals surface area contributed by atoms with E-state index in [1.165, 1.54) is 0 Å². The first-order valence-electron chi connectivity index (χ1n) is 5.53. The molecular weight excluding hydrogens is 327 g/mol. The van der Waals surface area contributed by atoms with Gasteiger partial charge in [0, 0.05) is 21.9 Å². The van der Waals surface area contributed by atoms with Gasteiger partial charge < -0.3 is 0 Å². The van der Waals surface area contributed by atoms with E-state index in [2.05, 4.69) is 34.6 Å². The molecule has 0 aliphatic carbocycles. The van der Waals surface area contributed by atoms with Gasteiger partial charge in [0.25, 0.3) is 0 Å². The minimum absolute atomic E-state index is 0.0313. The van der Waals surface area contributed by atoms with E-state index in [0.717, 1.165) is 16.5 Å². The zero-order chi connectivity index (χ0) is 12.3. The lowest BCUT2D eigenvalue weighted by atomic mass is 10.1. The second-order valence-electron chi connectivity index (χ2n) is 3.83. The summed E-state index contributed by atoms with van der Waals surface area (Å²) in [5.41, 5.74) is 1.36. The van der Waals surface area contributed by atoms with Crippen LogP contribution in [0.25, 0.3) is 0 Å². The molecule has 0 N–H and O–H groups in total. The van der Waals surface area contributed by atoms with Crippen molar-refractivity contribution in [2.75, 3.05) is 0 Å². The van der Waals surface area contributed by atoms with Crippen LogP contribution in [0.5, 0.6) is 0 Å². The molecule has 1 aromatic heterocycles. The second kappa shape index (κ2) is 5.44. The summed E-state index contributed by atoms with van der Waals surface area (Å²) in [5.74, 6) is 0.0313. The van der Waals surface area contributed by atoms with Crippen molar-refractivity contribution in [1.29, 1.82) is 0 Å². The molecule has 0 bridgehead atoms. The SMILES string of the molecule is CCCn1cc(C(=O)c2ccc(I)cc2)cn1. The number of aromatic nitrogens is 2. The van der Waals surface area contributed by atoms with Crippen LogP contribution in [0.3, 0.4) is 0 Å². The number of halogens is 1. The molecule has 88 valence electrons. The van der Waals surface area contributed by atoms with Gasteiger partial charge in [0.05, 0.1) is 11.8 Å². The van der Waals surface area contributed by atoms with Crippen molar-refractivity contribution in [3.8, 4) is 0 Å². The van der Waals surface area contributed by atoms with Gasteiger partial charge in [0.2, 0.25) is 0 Å². The molecule has 4 heteroatoms. The highest BCUT2D eigenvalue weighted by atomic mass is 127. The van der Waals surface area contributed by atoms with E-state index in [1.54, 1.807) is 10.9 Å². The van der Waals surface area contributed by atoms with Crippen molar-refractivity contribution < 1.29 is 4.79 Å². The number of nitrogens with zero attached hydrogens (tertiary/aromatic N) is 2. The first-order chi connectivity index (χ1) is 8.20. The van der Waals surface area contributed by atoms with Crippen LogP contribution < -0.4 is 0 Å². The van der Waals surface area contributed by atoms with Gasteiger partial charge in [-0.15, -0.1) is 0 Å². The van der Waals surface area contributed by atoms with Gasteiger partial charge in [-0.1, -0.05) is 6.92 Å². The van der Waals surface area contributed by atoms with Gasteiger partial charge in [0.15, 0.2) is 5.78 Å². The summed E-state index contributed by atoms with van der Waals surface area (Å²) in [7, 11) is 0. The van der Waals surface area contributed by atoms with Gasteiger partial charge in [-0.05, 0) is 53.3 Å². The van der Waals surface area contributed by atoms with Crippen LogP contribution in [-0.2, 0) is 6.54 Å². The topological polar surface area (TPSA) is 34.9 Å². The number of rotatable bonds is 4. The first-order valence-corrected chi connectivity index (χ1v) is 6.61. The minimum atomic E-state index is 0.0313. The summed E-state index contributed by atoms with van der Waals surface area (Å²) >= 11 is 2.22. The predicted molar refractivity (Wildman–Crippen MR) is 75.1 cm³/mol. The fourth-order valence-electron chi connectivity index (χ4n) is 1.60.